The molecule has 0 aromatic heterocycles. The second-order valence-electron chi connectivity index (χ2n) is 4.41. The molecule has 3 heteroatoms. The van der Waals surface area contributed by atoms with E-state index in [0.29, 0.717) is 18.5 Å². The molecule has 1 rings (SSSR count). The highest BCUT2D eigenvalue weighted by Gasteiger charge is 2.38. The quantitative estimate of drug-likeness (QED) is 0.681. The highest BCUT2D eigenvalue weighted by atomic mass is 16.2. The average Bonchev–Trinajstić information content (AvgIpc) is 2.80. The third kappa shape index (κ3) is 2.21. The second-order valence-corrected chi connectivity index (χ2v) is 4.41. The predicted octanol–water partition coefficient (Wildman–Crippen LogP) is 0.886. The van der Waals surface area contributed by atoms with Crippen LogP contribution in [0, 0.1) is 11.3 Å². The number of carbonyl (C=O) groups excluding carboxylic acids is 1. The second kappa shape index (κ2) is 3.66. The Morgan fingerprint density at radius 1 is 1.69 bits per heavy atom. The Balaban J connectivity index is 2.45. The molecule has 3 atom stereocenters. The number of amides is 1. The van der Waals surface area contributed by atoms with Crippen molar-refractivity contribution >= 4 is 5.91 Å². The molecule has 0 bridgehead atoms. The van der Waals surface area contributed by atoms with Gasteiger partial charge in [-0.05, 0) is 25.7 Å². The fraction of sp³-hybridized carbons (Fsp3) is 0.900. The van der Waals surface area contributed by atoms with Crippen LogP contribution in [0.2, 0.25) is 0 Å². The Kier molecular flexibility index (Phi) is 2.96. The summed E-state index contributed by atoms with van der Waals surface area (Å²) in [6.45, 7) is 6.51. The minimum absolute atomic E-state index is 0.117. The van der Waals surface area contributed by atoms with Gasteiger partial charge in [0.05, 0.1) is 5.41 Å². The summed E-state index contributed by atoms with van der Waals surface area (Å²) in [6, 6.07) is 0.407. The van der Waals surface area contributed by atoms with E-state index in [2.05, 4.69) is 12.2 Å². The van der Waals surface area contributed by atoms with Crippen molar-refractivity contribution in [1.29, 1.82) is 0 Å². The predicted molar refractivity (Wildman–Crippen MR) is 53.2 cm³/mol. The van der Waals surface area contributed by atoms with E-state index < -0.39 is 0 Å². The zero-order valence-electron chi connectivity index (χ0n) is 8.76. The number of nitrogens with one attached hydrogen (secondary N) is 1. The lowest BCUT2D eigenvalue weighted by molar-refractivity contribution is -0.130. The molecule has 3 nitrogen and oxygen atoms in total. The van der Waals surface area contributed by atoms with Crippen LogP contribution in [0.4, 0.5) is 0 Å². The maximum Gasteiger partial charge on any atom is 0.227 e. The Bertz CT molecular complexity index is 199. The molecular weight excluding hydrogens is 164 g/mol. The Labute approximate surface area is 80.1 Å². The highest BCUT2D eigenvalue weighted by Crippen LogP contribution is 2.30. The van der Waals surface area contributed by atoms with Gasteiger partial charge >= 0.3 is 0 Å². The molecule has 13 heavy (non-hydrogen) atoms. The van der Waals surface area contributed by atoms with E-state index in [-0.39, 0.29) is 11.3 Å². The number of hydrogen-bond donors (Lipinski definition) is 2. The molecule has 3 unspecified atom stereocenters. The van der Waals surface area contributed by atoms with E-state index in [4.69, 9.17) is 5.73 Å². The van der Waals surface area contributed by atoms with Crippen molar-refractivity contribution in [3.63, 3.8) is 0 Å². The van der Waals surface area contributed by atoms with Crippen molar-refractivity contribution in [3.8, 4) is 0 Å². The topological polar surface area (TPSA) is 55.1 Å². The summed E-state index contributed by atoms with van der Waals surface area (Å²) in [4.78, 5) is 11.7. The molecule has 1 amide bonds. The summed E-state index contributed by atoms with van der Waals surface area (Å²) >= 11 is 0. The lowest BCUT2D eigenvalue weighted by atomic mass is 9.86. The van der Waals surface area contributed by atoms with Crippen molar-refractivity contribution < 1.29 is 4.79 Å². The van der Waals surface area contributed by atoms with Crippen LogP contribution in [0.15, 0.2) is 0 Å². The van der Waals surface area contributed by atoms with Gasteiger partial charge in [0.25, 0.3) is 0 Å². The lowest BCUT2D eigenvalue weighted by Crippen LogP contribution is -2.44. The van der Waals surface area contributed by atoms with Crippen LogP contribution >= 0.6 is 0 Å². The van der Waals surface area contributed by atoms with Gasteiger partial charge in [-0.15, -0.1) is 0 Å². The Hall–Kier alpha value is -0.570. The van der Waals surface area contributed by atoms with E-state index in [9.17, 15) is 4.79 Å². The van der Waals surface area contributed by atoms with Crippen LogP contribution in [-0.2, 0) is 4.79 Å². The molecule has 0 saturated heterocycles. The van der Waals surface area contributed by atoms with Crippen LogP contribution in [0.5, 0.6) is 0 Å². The largest absolute Gasteiger partial charge is 0.353 e. The first-order chi connectivity index (χ1) is 6.03. The van der Waals surface area contributed by atoms with E-state index in [1.165, 1.54) is 0 Å². The van der Waals surface area contributed by atoms with Crippen LogP contribution in [-0.4, -0.2) is 18.5 Å². The molecule has 3 N–H and O–H groups in total. The maximum atomic E-state index is 11.7. The summed E-state index contributed by atoms with van der Waals surface area (Å²) in [5.74, 6) is 0.773. The van der Waals surface area contributed by atoms with Gasteiger partial charge in [0.2, 0.25) is 5.91 Å². The van der Waals surface area contributed by atoms with E-state index in [0.717, 1.165) is 12.8 Å². The maximum absolute atomic E-state index is 11.7. The number of nitrogens with two attached hydrogens (primary N) is 1. The minimum atomic E-state index is -0.373. The van der Waals surface area contributed by atoms with Crippen LogP contribution in [0.1, 0.15) is 33.6 Å². The zero-order valence-corrected chi connectivity index (χ0v) is 8.76. The zero-order chi connectivity index (χ0) is 10.1. The molecule has 0 heterocycles. The van der Waals surface area contributed by atoms with Gasteiger partial charge in [0.1, 0.15) is 0 Å². The molecule has 76 valence electrons. The molecule has 0 aliphatic heterocycles. The van der Waals surface area contributed by atoms with Gasteiger partial charge < -0.3 is 11.1 Å². The first-order valence-electron chi connectivity index (χ1n) is 5.04. The number of hydrogen-bond acceptors (Lipinski definition) is 2. The average molecular weight is 184 g/mol. The van der Waals surface area contributed by atoms with Gasteiger partial charge in [-0.1, -0.05) is 13.8 Å². The molecule has 1 aliphatic carbocycles. The fourth-order valence-electron chi connectivity index (χ4n) is 1.26. The number of rotatable bonds is 4. The molecule has 0 radical (unpaired) electrons. The fourth-order valence-corrected chi connectivity index (χ4v) is 1.26. The van der Waals surface area contributed by atoms with E-state index in [1.807, 2.05) is 13.8 Å². The summed E-state index contributed by atoms with van der Waals surface area (Å²) in [6.07, 6.45) is 1.92. The van der Waals surface area contributed by atoms with E-state index >= 15 is 0 Å². The molecule has 0 spiro atoms. The molecule has 0 aromatic carbocycles. The summed E-state index contributed by atoms with van der Waals surface area (Å²) in [7, 11) is 0. The van der Waals surface area contributed by atoms with Crippen molar-refractivity contribution in [2.45, 2.75) is 39.7 Å². The number of carbonyl (C=O) groups is 1. The van der Waals surface area contributed by atoms with Crippen molar-refractivity contribution in [2.75, 3.05) is 6.54 Å². The lowest BCUT2D eigenvalue weighted by Gasteiger charge is -2.24. The SMILES string of the molecule is CCC(C)(CN)C(=O)NC1CC1C. The molecular formula is C10H20N2O. The molecule has 0 aromatic rings. The van der Waals surface area contributed by atoms with Gasteiger partial charge in [-0.3, -0.25) is 4.79 Å². The first kappa shape index (κ1) is 10.5. The smallest absolute Gasteiger partial charge is 0.227 e. The van der Waals surface area contributed by atoms with E-state index in [1.54, 1.807) is 0 Å². The third-order valence-electron chi connectivity index (χ3n) is 3.20. The van der Waals surface area contributed by atoms with Gasteiger partial charge in [0.15, 0.2) is 0 Å². The molecule has 1 aliphatic rings. The van der Waals surface area contributed by atoms with Crippen LogP contribution in [0.25, 0.3) is 0 Å². The van der Waals surface area contributed by atoms with Crippen LogP contribution < -0.4 is 11.1 Å². The first-order valence-corrected chi connectivity index (χ1v) is 5.04. The Morgan fingerprint density at radius 2 is 2.23 bits per heavy atom. The van der Waals surface area contributed by atoms with Crippen molar-refractivity contribution in [3.05, 3.63) is 0 Å². The van der Waals surface area contributed by atoms with Gasteiger partial charge in [0, 0.05) is 12.6 Å². The highest BCUT2D eigenvalue weighted by molar-refractivity contribution is 5.83. The Morgan fingerprint density at radius 3 is 2.54 bits per heavy atom. The third-order valence-corrected chi connectivity index (χ3v) is 3.20. The summed E-state index contributed by atoms with van der Waals surface area (Å²) in [5, 5.41) is 3.03. The van der Waals surface area contributed by atoms with Crippen LogP contribution in [0.3, 0.4) is 0 Å². The normalized spacial score (nSPS) is 30.8. The van der Waals surface area contributed by atoms with Gasteiger partial charge in [-0.25, -0.2) is 0 Å². The van der Waals surface area contributed by atoms with Crippen molar-refractivity contribution in [1.82, 2.24) is 5.32 Å². The molecule has 1 fully saturated rings. The summed E-state index contributed by atoms with van der Waals surface area (Å²) in [5.41, 5.74) is 5.22. The molecule has 1 saturated carbocycles. The standard InChI is InChI=1S/C10H20N2O/c1-4-10(3,6-11)9(13)12-8-5-7(8)2/h7-8H,4-6,11H2,1-3H3,(H,12,13). The minimum Gasteiger partial charge on any atom is -0.353 e. The van der Waals surface area contributed by atoms with Gasteiger partial charge in [-0.2, -0.15) is 0 Å². The monoisotopic (exact) mass is 184 g/mol. The summed E-state index contributed by atoms with van der Waals surface area (Å²) < 4.78 is 0. The van der Waals surface area contributed by atoms with Crippen molar-refractivity contribution in [2.24, 2.45) is 17.1 Å².